The van der Waals surface area contributed by atoms with Crippen molar-refractivity contribution in [3.05, 3.63) is 53.7 Å². The number of piperazine rings is 1. The SMILES string of the molecule is CS(=O)(=O)O.[2H]C([2H])([2H])N(c1ccccc1Nc1nc(Nc2ccc(N3CCC(N4CCN(C)CC4)CC3)cc2OC)ncc1Cl)S(C)(=O)=O. The van der Waals surface area contributed by atoms with Gasteiger partial charge in [-0.3, -0.25) is 13.8 Å². The Kier molecular flexibility index (Phi) is 10.7. The van der Waals surface area contributed by atoms with Crippen LogP contribution in [-0.2, 0) is 20.1 Å². The van der Waals surface area contributed by atoms with Crippen LogP contribution in [0, 0.1) is 0 Å². The fourth-order valence-corrected chi connectivity index (χ4v) is 6.01. The molecule has 0 unspecified atom stereocenters. The highest BCUT2D eigenvalue weighted by Gasteiger charge is 2.27. The minimum Gasteiger partial charge on any atom is -0.494 e. The van der Waals surface area contributed by atoms with Gasteiger partial charge in [-0.2, -0.15) is 13.4 Å². The van der Waals surface area contributed by atoms with Gasteiger partial charge in [0.2, 0.25) is 16.0 Å². The van der Waals surface area contributed by atoms with Crippen molar-refractivity contribution in [2.75, 3.05) is 92.8 Å². The third-order valence-electron chi connectivity index (χ3n) is 7.77. The maximum atomic E-state index is 12.4. The number of ether oxygens (including phenoxy) is 1. The zero-order valence-corrected chi connectivity index (χ0v) is 29.1. The van der Waals surface area contributed by atoms with Crippen LogP contribution in [0.2, 0.25) is 5.02 Å². The molecule has 2 aromatic carbocycles. The lowest BCUT2D eigenvalue weighted by Crippen LogP contribution is -2.52. The van der Waals surface area contributed by atoms with Crippen molar-refractivity contribution in [1.29, 1.82) is 0 Å². The molecule has 1 aromatic heterocycles. The number of sulfonamides is 1. The molecule has 0 spiro atoms. The zero-order valence-electron chi connectivity index (χ0n) is 29.7. The molecule has 3 heterocycles. The van der Waals surface area contributed by atoms with E-state index in [1.807, 2.05) is 18.2 Å². The van der Waals surface area contributed by atoms with Crippen molar-refractivity contribution >= 4 is 66.3 Å². The van der Waals surface area contributed by atoms with Crippen LogP contribution >= 0.6 is 11.6 Å². The largest absolute Gasteiger partial charge is 0.494 e. The predicted octanol–water partition coefficient (Wildman–Crippen LogP) is 3.74. The number of hydrogen-bond donors (Lipinski definition) is 3. The fraction of sp³-hybridized carbons (Fsp3) is 0.467. The number of methoxy groups -OCH3 is 1. The zero-order chi connectivity index (χ0) is 36.9. The number of rotatable bonds is 9. The summed E-state index contributed by atoms with van der Waals surface area (Å²) < 4.78 is 80.3. The Morgan fingerprint density at radius 3 is 2.28 bits per heavy atom. The molecule has 0 radical (unpaired) electrons. The molecule has 0 bridgehead atoms. The molecule has 0 aliphatic carbocycles. The van der Waals surface area contributed by atoms with Gasteiger partial charge in [0.05, 0.1) is 42.9 Å². The van der Waals surface area contributed by atoms with E-state index in [9.17, 15) is 16.8 Å². The summed E-state index contributed by atoms with van der Waals surface area (Å²) in [6.07, 6.45) is 5.19. The van der Waals surface area contributed by atoms with E-state index < -0.39 is 27.1 Å². The molecule has 2 saturated heterocycles. The first kappa shape index (κ1) is 32.2. The van der Waals surface area contributed by atoms with Gasteiger partial charge in [-0.1, -0.05) is 23.7 Å². The third kappa shape index (κ3) is 10.5. The van der Waals surface area contributed by atoms with Crippen molar-refractivity contribution < 1.29 is 30.2 Å². The maximum absolute atomic E-state index is 12.4. The van der Waals surface area contributed by atoms with Crippen LogP contribution in [0.15, 0.2) is 48.7 Å². The average molecular weight is 714 g/mol. The lowest BCUT2D eigenvalue weighted by atomic mass is 10.0. The summed E-state index contributed by atoms with van der Waals surface area (Å²) in [4.78, 5) is 16.2. The van der Waals surface area contributed by atoms with Gasteiger partial charge in [0, 0.05) is 68.2 Å². The summed E-state index contributed by atoms with van der Waals surface area (Å²) in [7, 11) is -4.03. The monoisotopic (exact) mass is 713 g/mol. The highest BCUT2D eigenvalue weighted by Crippen LogP contribution is 2.35. The summed E-state index contributed by atoms with van der Waals surface area (Å²) >= 11 is 6.40. The number of anilines is 6. The van der Waals surface area contributed by atoms with Crippen LogP contribution < -0.4 is 24.6 Å². The van der Waals surface area contributed by atoms with E-state index in [0.717, 1.165) is 64.1 Å². The average Bonchev–Trinajstić information content (AvgIpc) is 3.02. The Hall–Kier alpha value is -3.41. The number of likely N-dealkylation sites (N-methyl/N-ethyl adjacent to an activating group) is 1. The Bertz CT molecular complexity index is 1830. The molecule has 17 heteroatoms. The molecule has 3 aromatic rings. The molecule has 0 atom stereocenters. The number of halogens is 1. The van der Waals surface area contributed by atoms with E-state index in [-0.39, 0.29) is 28.2 Å². The molecular weight excluding hydrogens is 668 g/mol. The van der Waals surface area contributed by atoms with Crippen LogP contribution in [-0.4, -0.2) is 120 Å². The van der Waals surface area contributed by atoms with Gasteiger partial charge in [-0.15, -0.1) is 0 Å². The van der Waals surface area contributed by atoms with E-state index in [2.05, 4.69) is 42.3 Å². The Labute approximate surface area is 286 Å². The lowest BCUT2D eigenvalue weighted by molar-refractivity contribution is 0.0982. The number of hydrogen-bond acceptors (Lipinski definition) is 12. The van der Waals surface area contributed by atoms with Gasteiger partial charge >= 0.3 is 0 Å². The summed E-state index contributed by atoms with van der Waals surface area (Å²) in [6, 6.07) is 12.7. The summed E-state index contributed by atoms with van der Waals surface area (Å²) in [5, 5.41) is 6.30. The number of nitrogens with zero attached hydrogens (tertiary/aromatic N) is 6. The first-order chi connectivity index (χ1) is 23.3. The fourth-order valence-electron chi connectivity index (χ4n) is 5.35. The molecule has 3 N–H and O–H groups in total. The van der Waals surface area contributed by atoms with Crippen molar-refractivity contribution in [1.82, 2.24) is 19.8 Å². The molecule has 0 saturated carbocycles. The van der Waals surface area contributed by atoms with Crippen LogP contribution in [0.4, 0.5) is 34.5 Å². The molecule has 47 heavy (non-hydrogen) atoms. The number of piperidine rings is 1. The Morgan fingerprint density at radius 1 is 1.00 bits per heavy atom. The van der Waals surface area contributed by atoms with Gasteiger partial charge in [-0.05, 0) is 44.2 Å². The van der Waals surface area contributed by atoms with Gasteiger partial charge in [0.25, 0.3) is 10.1 Å². The van der Waals surface area contributed by atoms with Gasteiger partial charge in [-0.25, -0.2) is 13.4 Å². The number of benzene rings is 2. The van der Waals surface area contributed by atoms with Crippen molar-refractivity contribution in [3.8, 4) is 5.75 Å². The van der Waals surface area contributed by atoms with E-state index in [0.29, 0.717) is 28.0 Å². The topological polar surface area (TPSA) is 161 Å². The minimum atomic E-state index is -4.15. The lowest BCUT2D eigenvalue weighted by Gasteiger charge is -2.42. The minimum absolute atomic E-state index is 0.0750. The van der Waals surface area contributed by atoms with Crippen molar-refractivity contribution in [2.24, 2.45) is 0 Å². The van der Waals surface area contributed by atoms with E-state index >= 15 is 0 Å². The van der Waals surface area contributed by atoms with Crippen LogP contribution in [0.25, 0.3) is 0 Å². The molecule has 258 valence electrons. The molecule has 2 aliphatic heterocycles. The van der Waals surface area contributed by atoms with Crippen LogP contribution in [0.5, 0.6) is 5.75 Å². The molecule has 2 aliphatic rings. The van der Waals surface area contributed by atoms with E-state index in [1.54, 1.807) is 25.3 Å². The second-order valence-corrected chi connectivity index (χ2v) is 15.1. The highest BCUT2D eigenvalue weighted by atomic mass is 35.5. The molecule has 14 nitrogen and oxygen atoms in total. The van der Waals surface area contributed by atoms with Crippen molar-refractivity contribution in [3.63, 3.8) is 0 Å². The smallest absolute Gasteiger partial charge is 0.261 e. The molecule has 5 rings (SSSR count). The summed E-state index contributed by atoms with van der Waals surface area (Å²) in [5.74, 6) is 0.974. The quantitative estimate of drug-likeness (QED) is 0.276. The summed E-state index contributed by atoms with van der Waals surface area (Å²) in [6.45, 7) is 3.52. The molecule has 0 amide bonds. The second kappa shape index (κ2) is 15.7. The second-order valence-electron chi connectivity index (χ2n) is 11.4. The Balaban J connectivity index is 0.00000105. The van der Waals surface area contributed by atoms with E-state index in [4.69, 9.17) is 25.0 Å². The predicted molar refractivity (Wildman–Crippen MR) is 188 cm³/mol. The van der Waals surface area contributed by atoms with Gasteiger partial charge in [0.1, 0.15) is 10.8 Å². The molecular formula is C30H43ClN8O6S2. The number of nitrogens with one attached hydrogen (secondary N) is 2. The van der Waals surface area contributed by atoms with Gasteiger partial charge < -0.3 is 25.2 Å². The van der Waals surface area contributed by atoms with Crippen LogP contribution in [0.3, 0.4) is 0 Å². The highest BCUT2D eigenvalue weighted by molar-refractivity contribution is 7.92. The summed E-state index contributed by atoms with van der Waals surface area (Å²) in [5.41, 5.74) is 1.83. The number of aromatic nitrogens is 2. The normalized spacial score (nSPS) is 17.8. The first-order valence-corrected chi connectivity index (χ1v) is 18.8. The third-order valence-corrected chi connectivity index (χ3v) is 8.90. The standard InChI is InChI=1S/C29H39ClN8O3S.CH4O3S/c1-35-15-17-38(18-16-35)21-11-13-37(14-12-21)22-9-10-25(27(19-22)41-3)33-29-31-20-23(30)28(34-29)32-24-7-5-6-8-26(24)36(2)42(4,39)40;1-5(2,3)4/h5-10,19-21H,11-18H2,1-4H3,(H2,31,32,33,34);1H3,(H,2,3,4)/i2D3;. The first-order valence-electron chi connectivity index (χ1n) is 16.3. The maximum Gasteiger partial charge on any atom is 0.261 e. The van der Waals surface area contributed by atoms with Crippen molar-refractivity contribution in [2.45, 2.75) is 18.9 Å². The number of para-hydroxylation sites is 2. The van der Waals surface area contributed by atoms with Crippen LogP contribution in [0.1, 0.15) is 17.0 Å². The van der Waals surface area contributed by atoms with Gasteiger partial charge in [0.15, 0.2) is 5.82 Å². The van der Waals surface area contributed by atoms with E-state index in [1.165, 1.54) is 12.3 Å². The Morgan fingerprint density at radius 2 is 1.66 bits per heavy atom. The molecule has 2 fully saturated rings.